The van der Waals surface area contributed by atoms with Crippen molar-refractivity contribution in [2.75, 3.05) is 0 Å². The Labute approximate surface area is 106 Å². The Morgan fingerprint density at radius 1 is 1.44 bits per heavy atom. The lowest BCUT2D eigenvalue weighted by atomic mass is 10.0. The molecule has 4 nitrogen and oxygen atoms in total. The van der Waals surface area contributed by atoms with E-state index >= 15 is 0 Å². The lowest BCUT2D eigenvalue weighted by Gasteiger charge is -2.17. The molecule has 0 saturated carbocycles. The molecule has 0 radical (unpaired) electrons. The molecule has 0 spiro atoms. The molecule has 0 unspecified atom stereocenters. The zero-order valence-corrected chi connectivity index (χ0v) is 10.5. The molecule has 0 amide bonds. The smallest absolute Gasteiger partial charge is 0.141 e. The van der Waals surface area contributed by atoms with E-state index in [0.29, 0.717) is 5.69 Å². The summed E-state index contributed by atoms with van der Waals surface area (Å²) in [5.41, 5.74) is 2.71. The number of rotatable bonds is 2. The van der Waals surface area contributed by atoms with Gasteiger partial charge in [0.2, 0.25) is 0 Å². The van der Waals surface area contributed by atoms with Crippen molar-refractivity contribution in [3.8, 4) is 17.1 Å². The second-order valence-electron chi connectivity index (χ2n) is 5.25. The van der Waals surface area contributed by atoms with Crippen molar-refractivity contribution in [2.45, 2.75) is 32.5 Å². The number of fused-ring (bicyclic) bond motifs is 1. The molecule has 3 rings (SSSR count). The molecule has 0 bridgehead atoms. The summed E-state index contributed by atoms with van der Waals surface area (Å²) in [6, 6.07) is 6.09. The summed E-state index contributed by atoms with van der Waals surface area (Å²) >= 11 is 0. The van der Waals surface area contributed by atoms with Gasteiger partial charge >= 0.3 is 0 Å². The van der Waals surface area contributed by atoms with Crippen molar-refractivity contribution in [3.05, 3.63) is 35.7 Å². The van der Waals surface area contributed by atoms with Crippen LogP contribution in [0, 0.1) is 0 Å². The number of para-hydroxylation sites is 1. The first kappa shape index (κ1) is 11.3. The van der Waals surface area contributed by atoms with Gasteiger partial charge in [0.25, 0.3) is 0 Å². The Morgan fingerprint density at radius 3 is 3.00 bits per heavy atom. The fourth-order valence-electron chi connectivity index (χ4n) is 2.38. The molecule has 2 heterocycles. The molecule has 0 aliphatic carbocycles. The lowest BCUT2D eigenvalue weighted by Crippen LogP contribution is -2.24. The molecule has 0 fully saturated rings. The molecule has 4 heteroatoms. The number of aromatic nitrogens is 2. The molecule has 2 aromatic rings. The number of ether oxygens (including phenoxy) is 1. The maximum Gasteiger partial charge on any atom is 0.141 e. The van der Waals surface area contributed by atoms with E-state index < -0.39 is 0 Å². The number of nitrogens with zero attached hydrogens (tertiary/aromatic N) is 1. The van der Waals surface area contributed by atoms with Crippen LogP contribution in [0.15, 0.2) is 24.4 Å². The van der Waals surface area contributed by atoms with Crippen LogP contribution in [-0.2, 0) is 13.0 Å². The highest BCUT2D eigenvalue weighted by atomic mass is 16.5. The van der Waals surface area contributed by atoms with Gasteiger partial charge in [0, 0.05) is 6.42 Å². The summed E-state index contributed by atoms with van der Waals surface area (Å²) in [7, 11) is 0. The fraction of sp³-hybridized carbons (Fsp3) is 0.357. The van der Waals surface area contributed by atoms with Crippen LogP contribution in [0.3, 0.4) is 0 Å². The van der Waals surface area contributed by atoms with E-state index in [2.05, 4.69) is 29.9 Å². The lowest BCUT2D eigenvalue weighted by molar-refractivity contribution is 0.139. The van der Waals surface area contributed by atoms with Crippen molar-refractivity contribution < 1.29 is 9.84 Å². The first-order valence-corrected chi connectivity index (χ1v) is 6.05. The van der Waals surface area contributed by atoms with Crippen LogP contribution in [0.2, 0.25) is 0 Å². The minimum absolute atomic E-state index is 0.0334. The van der Waals surface area contributed by atoms with Crippen LogP contribution in [0.1, 0.15) is 25.1 Å². The first-order chi connectivity index (χ1) is 8.59. The molecule has 1 aromatic heterocycles. The van der Waals surface area contributed by atoms with Gasteiger partial charge in [-0.05, 0) is 25.5 Å². The average molecular weight is 244 g/mol. The van der Waals surface area contributed by atoms with Gasteiger partial charge < -0.3 is 14.8 Å². The Kier molecular flexibility index (Phi) is 2.41. The molecule has 1 aliphatic rings. The van der Waals surface area contributed by atoms with Crippen LogP contribution >= 0.6 is 0 Å². The average Bonchev–Trinajstić information content (AvgIpc) is 2.89. The van der Waals surface area contributed by atoms with Gasteiger partial charge in [0.1, 0.15) is 17.2 Å². The Balaban J connectivity index is 2.07. The SMILES string of the molecule is CC1(C)Cc2cccc(-c3ncc(CO)[nH]3)c2O1. The second kappa shape index (κ2) is 3.85. The number of aliphatic hydroxyl groups excluding tert-OH is 1. The largest absolute Gasteiger partial charge is 0.486 e. The van der Waals surface area contributed by atoms with E-state index in [4.69, 9.17) is 9.84 Å². The normalized spacial score (nSPS) is 16.4. The summed E-state index contributed by atoms with van der Waals surface area (Å²) in [5, 5.41) is 9.07. The molecular formula is C14H16N2O2. The van der Waals surface area contributed by atoms with Crippen LogP contribution in [0.25, 0.3) is 11.4 Å². The number of nitrogens with one attached hydrogen (secondary N) is 1. The quantitative estimate of drug-likeness (QED) is 0.852. The fourth-order valence-corrected chi connectivity index (χ4v) is 2.38. The summed E-state index contributed by atoms with van der Waals surface area (Å²) in [5.74, 6) is 1.65. The highest BCUT2D eigenvalue weighted by molar-refractivity contribution is 5.68. The number of benzene rings is 1. The molecule has 18 heavy (non-hydrogen) atoms. The van der Waals surface area contributed by atoms with Crippen LogP contribution in [0.4, 0.5) is 0 Å². The predicted octanol–water partition coefficient (Wildman–Crippen LogP) is 2.28. The summed E-state index contributed by atoms with van der Waals surface area (Å²) in [6.07, 6.45) is 2.55. The number of hydrogen-bond donors (Lipinski definition) is 2. The predicted molar refractivity (Wildman–Crippen MR) is 68.4 cm³/mol. The Morgan fingerprint density at radius 2 is 2.28 bits per heavy atom. The third-order valence-corrected chi connectivity index (χ3v) is 3.15. The Hall–Kier alpha value is -1.81. The first-order valence-electron chi connectivity index (χ1n) is 6.05. The van der Waals surface area contributed by atoms with E-state index in [-0.39, 0.29) is 12.2 Å². The number of aliphatic hydroxyl groups is 1. The number of imidazole rings is 1. The third-order valence-electron chi connectivity index (χ3n) is 3.15. The van der Waals surface area contributed by atoms with Gasteiger partial charge in [-0.15, -0.1) is 0 Å². The van der Waals surface area contributed by atoms with Gasteiger partial charge in [0.05, 0.1) is 24.1 Å². The van der Waals surface area contributed by atoms with E-state index in [1.807, 2.05) is 12.1 Å². The highest BCUT2D eigenvalue weighted by Crippen LogP contribution is 2.41. The monoisotopic (exact) mass is 244 g/mol. The minimum atomic E-state index is -0.162. The molecule has 1 aliphatic heterocycles. The van der Waals surface area contributed by atoms with Crippen LogP contribution in [-0.4, -0.2) is 20.7 Å². The topological polar surface area (TPSA) is 58.1 Å². The zero-order valence-electron chi connectivity index (χ0n) is 10.5. The molecule has 94 valence electrons. The maximum atomic E-state index is 9.07. The van der Waals surface area contributed by atoms with Crippen molar-refractivity contribution in [3.63, 3.8) is 0 Å². The van der Waals surface area contributed by atoms with Crippen LogP contribution in [0.5, 0.6) is 5.75 Å². The van der Waals surface area contributed by atoms with E-state index in [1.165, 1.54) is 5.56 Å². The van der Waals surface area contributed by atoms with Gasteiger partial charge in [-0.1, -0.05) is 12.1 Å². The minimum Gasteiger partial charge on any atom is -0.486 e. The van der Waals surface area contributed by atoms with Gasteiger partial charge in [0.15, 0.2) is 0 Å². The van der Waals surface area contributed by atoms with Gasteiger partial charge in [-0.3, -0.25) is 0 Å². The molecule has 1 aromatic carbocycles. The van der Waals surface area contributed by atoms with E-state index in [1.54, 1.807) is 6.20 Å². The van der Waals surface area contributed by atoms with E-state index in [9.17, 15) is 0 Å². The van der Waals surface area contributed by atoms with Crippen molar-refractivity contribution in [1.82, 2.24) is 9.97 Å². The van der Waals surface area contributed by atoms with Crippen molar-refractivity contribution in [1.29, 1.82) is 0 Å². The summed E-state index contributed by atoms with van der Waals surface area (Å²) in [4.78, 5) is 7.38. The molecule has 2 N–H and O–H groups in total. The second-order valence-corrected chi connectivity index (χ2v) is 5.25. The molecule has 0 saturated heterocycles. The van der Waals surface area contributed by atoms with Crippen LogP contribution < -0.4 is 4.74 Å². The third kappa shape index (κ3) is 1.78. The maximum absolute atomic E-state index is 9.07. The molecular weight excluding hydrogens is 228 g/mol. The van der Waals surface area contributed by atoms with Crippen molar-refractivity contribution >= 4 is 0 Å². The molecule has 0 atom stereocenters. The van der Waals surface area contributed by atoms with Crippen molar-refractivity contribution in [2.24, 2.45) is 0 Å². The van der Waals surface area contributed by atoms with E-state index in [0.717, 1.165) is 23.6 Å². The van der Waals surface area contributed by atoms with Gasteiger partial charge in [-0.25, -0.2) is 4.98 Å². The number of H-pyrrole nitrogens is 1. The standard InChI is InChI=1S/C14H16N2O2/c1-14(2)6-9-4-3-5-11(12(9)18-14)13-15-7-10(8-17)16-13/h3-5,7,17H,6,8H2,1-2H3,(H,15,16). The highest BCUT2D eigenvalue weighted by Gasteiger charge is 2.32. The zero-order chi connectivity index (χ0) is 12.8. The van der Waals surface area contributed by atoms with Gasteiger partial charge in [-0.2, -0.15) is 0 Å². The number of aromatic amines is 1. The Bertz CT molecular complexity index is 587. The summed E-state index contributed by atoms with van der Waals surface area (Å²) < 4.78 is 6.00. The number of hydrogen-bond acceptors (Lipinski definition) is 3. The summed E-state index contributed by atoms with van der Waals surface area (Å²) in [6.45, 7) is 4.13.